The van der Waals surface area contributed by atoms with Crippen LogP contribution in [-0.2, 0) is 24.8 Å². The number of aromatic nitrogens is 2. The molecule has 1 aromatic carbocycles. The number of amides is 1. The standard InChI is InChI=1S/C18H22FN3O2S/c1-4-14-10-16(23)22(3)18(21-14)25-15(5-2)17(24)20-11-12-6-8-13(19)9-7-12/h6-10,15H,4-5,11H2,1-3H3,(H,20,24). The quantitative estimate of drug-likeness (QED) is 0.607. The second kappa shape index (κ2) is 8.80. The fraction of sp³-hybridized carbons (Fsp3) is 0.389. The molecule has 0 spiro atoms. The van der Waals surface area contributed by atoms with Crippen LogP contribution in [-0.4, -0.2) is 20.7 Å². The Labute approximate surface area is 150 Å². The minimum atomic E-state index is -0.356. The molecule has 1 amide bonds. The van der Waals surface area contributed by atoms with E-state index in [0.29, 0.717) is 30.2 Å². The number of nitrogens with one attached hydrogen (secondary N) is 1. The van der Waals surface area contributed by atoms with Crippen molar-refractivity contribution in [2.75, 3.05) is 0 Å². The minimum Gasteiger partial charge on any atom is -0.351 e. The summed E-state index contributed by atoms with van der Waals surface area (Å²) in [5.74, 6) is -0.437. The molecule has 1 unspecified atom stereocenters. The number of rotatable bonds is 7. The van der Waals surface area contributed by atoms with Gasteiger partial charge >= 0.3 is 0 Å². The van der Waals surface area contributed by atoms with Crippen molar-refractivity contribution in [2.24, 2.45) is 7.05 Å². The van der Waals surface area contributed by atoms with Gasteiger partial charge in [0, 0.05) is 25.4 Å². The molecule has 2 aromatic rings. The normalized spacial score (nSPS) is 12.0. The molecule has 5 nitrogen and oxygen atoms in total. The lowest BCUT2D eigenvalue weighted by Crippen LogP contribution is -2.32. The summed E-state index contributed by atoms with van der Waals surface area (Å²) in [4.78, 5) is 28.9. The van der Waals surface area contributed by atoms with Gasteiger partial charge in [0.1, 0.15) is 5.82 Å². The lowest BCUT2D eigenvalue weighted by molar-refractivity contribution is -0.120. The lowest BCUT2D eigenvalue weighted by atomic mass is 10.2. The van der Waals surface area contributed by atoms with Crippen LogP contribution >= 0.6 is 11.8 Å². The first-order chi connectivity index (χ1) is 11.9. The monoisotopic (exact) mass is 363 g/mol. The van der Waals surface area contributed by atoms with Gasteiger partial charge < -0.3 is 5.32 Å². The Morgan fingerprint density at radius 2 is 2.00 bits per heavy atom. The van der Waals surface area contributed by atoms with Gasteiger partial charge in [-0.2, -0.15) is 0 Å². The van der Waals surface area contributed by atoms with E-state index in [4.69, 9.17) is 0 Å². The number of thioether (sulfide) groups is 1. The largest absolute Gasteiger partial charge is 0.351 e. The van der Waals surface area contributed by atoms with Crippen LogP contribution in [0.25, 0.3) is 0 Å². The molecule has 0 saturated heterocycles. The van der Waals surface area contributed by atoms with Crippen molar-refractivity contribution < 1.29 is 9.18 Å². The maximum atomic E-state index is 12.9. The highest BCUT2D eigenvalue weighted by molar-refractivity contribution is 8.00. The van der Waals surface area contributed by atoms with Gasteiger partial charge in [-0.05, 0) is 30.5 Å². The van der Waals surface area contributed by atoms with Crippen LogP contribution in [0.3, 0.4) is 0 Å². The fourth-order valence-electron chi connectivity index (χ4n) is 2.21. The Morgan fingerprint density at radius 1 is 1.32 bits per heavy atom. The highest BCUT2D eigenvalue weighted by Gasteiger charge is 2.20. The van der Waals surface area contributed by atoms with Crippen LogP contribution < -0.4 is 10.9 Å². The SMILES string of the molecule is CCc1cc(=O)n(C)c(SC(CC)C(=O)NCc2ccc(F)cc2)n1. The van der Waals surface area contributed by atoms with Crippen molar-refractivity contribution in [3.63, 3.8) is 0 Å². The molecule has 0 aliphatic rings. The molecule has 1 atom stereocenters. The molecule has 7 heteroatoms. The van der Waals surface area contributed by atoms with Gasteiger partial charge in [-0.15, -0.1) is 0 Å². The van der Waals surface area contributed by atoms with E-state index in [1.165, 1.54) is 34.5 Å². The number of carbonyl (C=O) groups excluding carboxylic acids is 1. The molecule has 0 aliphatic heterocycles. The topological polar surface area (TPSA) is 64.0 Å². The maximum Gasteiger partial charge on any atom is 0.254 e. The van der Waals surface area contributed by atoms with Gasteiger partial charge in [0.2, 0.25) is 5.91 Å². The summed E-state index contributed by atoms with van der Waals surface area (Å²) in [5, 5.41) is 3.03. The Balaban J connectivity index is 2.06. The maximum absolute atomic E-state index is 12.9. The zero-order chi connectivity index (χ0) is 18.4. The number of hydrogen-bond donors (Lipinski definition) is 1. The molecular weight excluding hydrogens is 341 g/mol. The third kappa shape index (κ3) is 5.16. The van der Waals surface area contributed by atoms with Crippen molar-refractivity contribution in [3.05, 3.63) is 57.8 Å². The van der Waals surface area contributed by atoms with Gasteiger partial charge in [-0.25, -0.2) is 9.37 Å². The van der Waals surface area contributed by atoms with Gasteiger partial charge in [0.25, 0.3) is 5.56 Å². The van der Waals surface area contributed by atoms with E-state index in [1.807, 2.05) is 13.8 Å². The van der Waals surface area contributed by atoms with Gasteiger partial charge in [0.05, 0.1) is 5.25 Å². The van der Waals surface area contributed by atoms with E-state index in [9.17, 15) is 14.0 Å². The lowest BCUT2D eigenvalue weighted by Gasteiger charge is -2.16. The number of aryl methyl sites for hydroxylation is 1. The number of benzene rings is 1. The summed E-state index contributed by atoms with van der Waals surface area (Å²) in [6, 6.07) is 7.52. The van der Waals surface area contributed by atoms with Crippen LogP contribution in [0.15, 0.2) is 40.3 Å². The predicted octanol–water partition coefficient (Wildman–Crippen LogP) is 2.67. The summed E-state index contributed by atoms with van der Waals surface area (Å²) >= 11 is 1.28. The molecule has 25 heavy (non-hydrogen) atoms. The minimum absolute atomic E-state index is 0.129. The van der Waals surface area contributed by atoms with Gasteiger partial charge in [-0.1, -0.05) is 37.7 Å². The van der Waals surface area contributed by atoms with Crippen molar-refractivity contribution >= 4 is 17.7 Å². The number of halogens is 1. The number of nitrogens with zero attached hydrogens (tertiary/aromatic N) is 2. The summed E-state index contributed by atoms with van der Waals surface area (Å²) < 4.78 is 14.4. The molecule has 0 fully saturated rings. The fourth-order valence-corrected chi connectivity index (χ4v) is 3.23. The third-order valence-corrected chi connectivity index (χ3v) is 5.21. The number of hydrogen-bond acceptors (Lipinski definition) is 4. The van der Waals surface area contributed by atoms with Crippen LogP contribution in [0.5, 0.6) is 0 Å². The zero-order valence-corrected chi connectivity index (χ0v) is 15.4. The van der Waals surface area contributed by atoms with E-state index in [-0.39, 0.29) is 22.5 Å². The second-order valence-corrected chi connectivity index (χ2v) is 6.81. The summed E-state index contributed by atoms with van der Waals surface area (Å²) in [6.07, 6.45) is 1.27. The van der Waals surface area contributed by atoms with E-state index in [0.717, 1.165) is 5.56 Å². The Morgan fingerprint density at radius 3 is 2.60 bits per heavy atom. The van der Waals surface area contributed by atoms with Crippen molar-refractivity contribution in [2.45, 2.75) is 43.6 Å². The molecule has 1 aromatic heterocycles. The van der Waals surface area contributed by atoms with Gasteiger partial charge in [0.15, 0.2) is 5.16 Å². The van der Waals surface area contributed by atoms with Crippen LogP contribution in [0.4, 0.5) is 4.39 Å². The summed E-state index contributed by atoms with van der Waals surface area (Å²) in [6.45, 7) is 4.18. The highest BCUT2D eigenvalue weighted by atomic mass is 32.2. The molecular formula is C18H22FN3O2S. The van der Waals surface area contributed by atoms with Crippen molar-refractivity contribution in [3.8, 4) is 0 Å². The molecule has 1 N–H and O–H groups in total. The molecule has 0 saturated carbocycles. The zero-order valence-electron chi connectivity index (χ0n) is 14.6. The molecule has 0 radical (unpaired) electrons. The molecule has 1 heterocycles. The summed E-state index contributed by atoms with van der Waals surface area (Å²) in [5.41, 5.74) is 1.41. The Bertz CT molecular complexity index is 790. The first kappa shape index (κ1) is 19.2. The second-order valence-electron chi connectivity index (χ2n) is 5.64. The van der Waals surface area contributed by atoms with E-state index in [1.54, 1.807) is 19.2 Å². The molecule has 2 rings (SSSR count). The van der Waals surface area contributed by atoms with Crippen molar-refractivity contribution in [1.29, 1.82) is 0 Å². The van der Waals surface area contributed by atoms with Crippen LogP contribution in [0.2, 0.25) is 0 Å². The highest BCUT2D eigenvalue weighted by Crippen LogP contribution is 2.23. The predicted molar refractivity (Wildman–Crippen MR) is 97.0 cm³/mol. The van der Waals surface area contributed by atoms with Crippen molar-refractivity contribution in [1.82, 2.24) is 14.9 Å². The smallest absolute Gasteiger partial charge is 0.254 e. The molecule has 134 valence electrons. The first-order valence-corrected chi connectivity index (χ1v) is 9.08. The Kier molecular flexibility index (Phi) is 6.75. The van der Waals surface area contributed by atoms with Crippen LogP contribution in [0.1, 0.15) is 31.5 Å². The number of carbonyl (C=O) groups is 1. The van der Waals surface area contributed by atoms with E-state index >= 15 is 0 Å². The summed E-state index contributed by atoms with van der Waals surface area (Å²) in [7, 11) is 1.65. The first-order valence-electron chi connectivity index (χ1n) is 8.20. The van der Waals surface area contributed by atoms with E-state index in [2.05, 4.69) is 10.3 Å². The molecule has 0 aliphatic carbocycles. The molecule has 0 bridgehead atoms. The Hall–Kier alpha value is -2.15. The third-order valence-electron chi connectivity index (χ3n) is 3.80. The van der Waals surface area contributed by atoms with Gasteiger partial charge in [-0.3, -0.25) is 14.2 Å². The average Bonchev–Trinajstić information content (AvgIpc) is 2.62. The average molecular weight is 363 g/mol. The van der Waals surface area contributed by atoms with Crippen LogP contribution in [0, 0.1) is 5.82 Å². The van der Waals surface area contributed by atoms with E-state index < -0.39 is 0 Å².